The van der Waals surface area contributed by atoms with Gasteiger partial charge in [0.25, 0.3) is 0 Å². The quantitative estimate of drug-likeness (QED) is 0.165. The number of hydrogen-bond acceptors (Lipinski definition) is 4. The highest BCUT2D eigenvalue weighted by Gasteiger charge is 2.36. The van der Waals surface area contributed by atoms with Crippen LogP contribution in [0.2, 0.25) is 0 Å². The Morgan fingerprint density at radius 1 is 0.618 bits per heavy atom. The van der Waals surface area contributed by atoms with Crippen LogP contribution in [0.5, 0.6) is 0 Å². The summed E-state index contributed by atoms with van der Waals surface area (Å²) >= 11 is 0. The molecule has 0 saturated carbocycles. The number of fused-ring (bicyclic) bond motifs is 4. The van der Waals surface area contributed by atoms with Gasteiger partial charge in [0.05, 0.1) is 11.4 Å². The van der Waals surface area contributed by atoms with E-state index in [9.17, 15) is 0 Å². The van der Waals surface area contributed by atoms with E-state index in [1.807, 2.05) is 61.5 Å². The summed E-state index contributed by atoms with van der Waals surface area (Å²) in [5, 5.41) is 1.98. The zero-order chi connectivity index (χ0) is 37.5. The van der Waals surface area contributed by atoms with Gasteiger partial charge in [-0.3, -0.25) is 0 Å². The second-order valence-corrected chi connectivity index (χ2v) is 14.6. The second kappa shape index (κ2) is 13.9. The lowest BCUT2D eigenvalue weighted by Crippen LogP contribution is -2.20. The van der Waals surface area contributed by atoms with Crippen molar-refractivity contribution in [3.8, 4) is 44.9 Å². The van der Waals surface area contributed by atoms with Crippen LogP contribution in [-0.2, 0) is 5.41 Å². The highest BCUT2D eigenvalue weighted by Crippen LogP contribution is 2.52. The van der Waals surface area contributed by atoms with Gasteiger partial charge in [0.15, 0.2) is 5.82 Å². The van der Waals surface area contributed by atoms with Crippen molar-refractivity contribution in [3.63, 3.8) is 0 Å². The third-order valence-electron chi connectivity index (χ3n) is 10.9. The first-order valence-corrected chi connectivity index (χ1v) is 18.8. The van der Waals surface area contributed by atoms with Crippen LogP contribution in [0.4, 0.5) is 11.4 Å². The van der Waals surface area contributed by atoms with Crippen LogP contribution >= 0.6 is 0 Å². The predicted octanol–water partition coefficient (Wildman–Crippen LogP) is 11.5. The Kier molecular flexibility index (Phi) is 8.59. The molecule has 0 aliphatic heterocycles. The van der Waals surface area contributed by atoms with Crippen molar-refractivity contribution in [2.45, 2.75) is 26.2 Å². The first kappa shape index (κ1) is 34.0. The van der Waals surface area contributed by atoms with E-state index in [-0.39, 0.29) is 5.41 Å². The van der Waals surface area contributed by atoms with E-state index in [2.05, 4.69) is 147 Å². The molecule has 4 heteroatoms. The zero-order valence-electron chi connectivity index (χ0n) is 31.5. The number of anilines is 2. The van der Waals surface area contributed by atoms with Crippen LogP contribution in [0.15, 0.2) is 168 Å². The molecule has 0 amide bonds. The number of allylic oxidation sites excluding steroid dienone is 2. The summed E-state index contributed by atoms with van der Waals surface area (Å²) < 4.78 is 6.56. The summed E-state index contributed by atoms with van der Waals surface area (Å²) in [6.45, 7) is 6.69. The third-order valence-corrected chi connectivity index (χ3v) is 10.9. The van der Waals surface area contributed by atoms with Crippen molar-refractivity contribution in [2.24, 2.45) is 0 Å². The van der Waals surface area contributed by atoms with E-state index in [0.29, 0.717) is 5.82 Å². The smallest absolute Gasteiger partial charge is 0.160 e. The minimum Gasteiger partial charge on any atom is -0.456 e. The van der Waals surface area contributed by atoms with Gasteiger partial charge in [-0.15, -0.1) is 0 Å². The second-order valence-electron chi connectivity index (χ2n) is 14.6. The van der Waals surface area contributed by atoms with E-state index in [4.69, 9.17) is 14.4 Å². The van der Waals surface area contributed by atoms with Gasteiger partial charge in [0.2, 0.25) is 0 Å². The molecule has 2 heterocycles. The van der Waals surface area contributed by atoms with Crippen molar-refractivity contribution in [1.29, 1.82) is 0 Å². The predicted molar refractivity (Wildman–Crippen MR) is 229 cm³/mol. The van der Waals surface area contributed by atoms with Crippen molar-refractivity contribution in [1.82, 2.24) is 9.97 Å². The number of rotatable bonds is 7. The van der Waals surface area contributed by atoms with Gasteiger partial charge in [-0.25, -0.2) is 9.97 Å². The molecule has 0 bridgehead atoms. The van der Waals surface area contributed by atoms with Crippen LogP contribution in [0.1, 0.15) is 37.6 Å². The number of aromatic nitrogens is 2. The molecule has 9 rings (SSSR count). The summed E-state index contributed by atoms with van der Waals surface area (Å²) in [5.74, 6) is 0.676. The maximum atomic E-state index is 6.56. The van der Waals surface area contributed by atoms with Crippen LogP contribution in [0.25, 0.3) is 68.0 Å². The van der Waals surface area contributed by atoms with Crippen molar-refractivity contribution >= 4 is 34.5 Å². The Balaban J connectivity index is 1.24. The van der Waals surface area contributed by atoms with Crippen molar-refractivity contribution < 1.29 is 4.42 Å². The Labute approximate surface area is 322 Å². The van der Waals surface area contributed by atoms with Gasteiger partial charge >= 0.3 is 0 Å². The topological polar surface area (TPSA) is 42.2 Å². The van der Waals surface area contributed by atoms with E-state index < -0.39 is 0 Å². The van der Waals surface area contributed by atoms with Crippen molar-refractivity contribution in [2.75, 3.05) is 11.9 Å². The van der Waals surface area contributed by atoms with Gasteiger partial charge < -0.3 is 9.32 Å². The molecule has 1 aliphatic carbocycles. The third kappa shape index (κ3) is 6.16. The molecule has 55 heavy (non-hydrogen) atoms. The average Bonchev–Trinajstić information content (AvgIpc) is 3.69. The molecule has 0 saturated heterocycles. The average molecular weight is 712 g/mol. The largest absolute Gasteiger partial charge is 0.456 e. The minimum absolute atomic E-state index is 0.125. The molecular formula is C51H41N3O. The monoisotopic (exact) mass is 711 g/mol. The molecule has 2 aromatic heterocycles. The molecular weight excluding hydrogens is 671 g/mol. The summed E-state index contributed by atoms with van der Waals surface area (Å²) in [6, 6.07) is 53.4. The number of furan rings is 1. The maximum absolute atomic E-state index is 6.56. The van der Waals surface area contributed by atoms with Crippen LogP contribution in [0, 0.1) is 0 Å². The van der Waals surface area contributed by atoms with E-state index >= 15 is 0 Å². The molecule has 6 aromatic carbocycles. The van der Waals surface area contributed by atoms with Crippen molar-refractivity contribution in [3.05, 3.63) is 191 Å². The number of hydrogen-bond donors (Lipinski definition) is 0. The standard InChI is InChI=1S/C51H41N3O/c1-5-6-26-48-42(29-37-30-46(35-20-12-8-13-21-35)53-50(52-37)36-22-14-9-15-23-36)43-31-38(27-28-49(43)55-48)54(4)47-33-45-41(32-40(47)34-18-10-7-11-19-34)39-24-16-17-25-44(39)51(45,2)3/h5-33H,1-4H3/b6-5-,42-29?,48-26+. The summed E-state index contributed by atoms with van der Waals surface area (Å²) in [5.41, 5.74) is 15.0. The molecule has 0 unspecified atom stereocenters. The molecule has 4 nitrogen and oxygen atoms in total. The summed E-state index contributed by atoms with van der Waals surface area (Å²) in [4.78, 5) is 12.4. The fourth-order valence-corrected chi connectivity index (χ4v) is 7.95. The van der Waals surface area contributed by atoms with Gasteiger partial charge in [-0.1, -0.05) is 141 Å². The fraction of sp³-hybridized carbons (Fsp3) is 0.0980. The van der Waals surface area contributed by atoms with Crippen LogP contribution in [0.3, 0.4) is 0 Å². The van der Waals surface area contributed by atoms with Gasteiger partial charge in [-0.2, -0.15) is 0 Å². The maximum Gasteiger partial charge on any atom is 0.160 e. The molecule has 0 N–H and O–H groups in total. The van der Waals surface area contributed by atoms with Crippen LogP contribution < -0.4 is 15.5 Å². The lowest BCUT2D eigenvalue weighted by molar-refractivity contribution is 0.575. The Bertz CT molecular complexity index is 2800. The Morgan fingerprint density at radius 2 is 1.29 bits per heavy atom. The minimum atomic E-state index is -0.125. The molecule has 266 valence electrons. The molecule has 1 aliphatic rings. The lowest BCUT2D eigenvalue weighted by atomic mass is 9.81. The van der Waals surface area contributed by atoms with Gasteiger partial charge in [0, 0.05) is 51.1 Å². The molecule has 0 radical (unpaired) electrons. The Morgan fingerprint density at radius 3 is 2.02 bits per heavy atom. The molecule has 0 atom stereocenters. The molecule has 0 fully saturated rings. The van der Waals surface area contributed by atoms with E-state index in [0.717, 1.165) is 55.5 Å². The molecule has 8 aromatic rings. The van der Waals surface area contributed by atoms with E-state index in [1.54, 1.807) is 0 Å². The summed E-state index contributed by atoms with van der Waals surface area (Å²) in [6.07, 6.45) is 8.19. The van der Waals surface area contributed by atoms with Gasteiger partial charge in [0.1, 0.15) is 11.0 Å². The number of nitrogens with zero attached hydrogens (tertiary/aromatic N) is 3. The van der Waals surface area contributed by atoms with E-state index in [1.165, 1.54) is 33.4 Å². The Hall–Kier alpha value is -6.78. The normalized spacial score (nSPS) is 13.7. The van der Waals surface area contributed by atoms with Crippen LogP contribution in [-0.4, -0.2) is 17.0 Å². The molecule has 0 spiro atoms. The highest BCUT2D eigenvalue weighted by molar-refractivity contribution is 5.93. The first-order chi connectivity index (χ1) is 26.9. The summed E-state index contributed by atoms with van der Waals surface area (Å²) in [7, 11) is 2.17. The SMILES string of the molecule is C/C=C\C=c1\oc2ccc(N(C)c3cc4c(cc3-c3ccccc3)-c3ccccc3C4(C)C)cc2c1=Cc1cc(-c2ccccc2)nc(-c2ccccc2)n1. The highest BCUT2D eigenvalue weighted by atomic mass is 16.3. The lowest BCUT2D eigenvalue weighted by Gasteiger charge is -2.27. The zero-order valence-corrected chi connectivity index (χ0v) is 31.5. The number of benzene rings is 6. The first-order valence-electron chi connectivity index (χ1n) is 18.8. The fourth-order valence-electron chi connectivity index (χ4n) is 7.95. The van der Waals surface area contributed by atoms with Gasteiger partial charge in [-0.05, 0) is 83.3 Å².